The van der Waals surface area contributed by atoms with Crippen molar-refractivity contribution >= 4 is 23.6 Å². The molecule has 1 aliphatic heterocycles. The summed E-state index contributed by atoms with van der Waals surface area (Å²) >= 11 is 0. The number of aromatic nitrogens is 1. The minimum absolute atomic E-state index is 0.190. The lowest BCUT2D eigenvalue weighted by molar-refractivity contribution is -0.141. The number of nitrogens with one attached hydrogen (secondary N) is 2. The molecule has 2 heterocycles. The lowest BCUT2D eigenvalue weighted by Gasteiger charge is -2.17. The number of carbonyl (C=O) groups is 3. The molecule has 9 heteroatoms. The number of pyridine rings is 1. The van der Waals surface area contributed by atoms with Crippen molar-refractivity contribution in [1.29, 1.82) is 0 Å². The van der Waals surface area contributed by atoms with Crippen LogP contribution in [0.4, 0.5) is 10.5 Å². The van der Waals surface area contributed by atoms with Crippen LogP contribution in [0.1, 0.15) is 22.5 Å². The van der Waals surface area contributed by atoms with E-state index in [0.29, 0.717) is 30.2 Å². The predicted octanol–water partition coefficient (Wildman–Crippen LogP) is 2.48. The van der Waals surface area contributed by atoms with E-state index in [1.807, 2.05) is 6.92 Å². The number of anilines is 1. The van der Waals surface area contributed by atoms with Gasteiger partial charge in [-0.2, -0.15) is 0 Å². The van der Waals surface area contributed by atoms with E-state index in [1.165, 1.54) is 24.2 Å². The van der Waals surface area contributed by atoms with Crippen molar-refractivity contribution in [3.05, 3.63) is 47.8 Å². The van der Waals surface area contributed by atoms with E-state index in [2.05, 4.69) is 15.6 Å². The molecule has 1 unspecified atom stereocenters. The smallest absolute Gasteiger partial charge is 0.321 e. The quantitative estimate of drug-likeness (QED) is 0.712. The molecule has 0 radical (unpaired) electrons. The maximum atomic E-state index is 12.4. The molecular weight excluding hydrogens is 376 g/mol. The van der Waals surface area contributed by atoms with Gasteiger partial charge in [0.15, 0.2) is 0 Å². The van der Waals surface area contributed by atoms with E-state index in [4.69, 9.17) is 9.84 Å². The topological polar surface area (TPSA) is 121 Å². The van der Waals surface area contributed by atoms with Crippen LogP contribution in [0.5, 0.6) is 11.5 Å². The fourth-order valence-corrected chi connectivity index (χ4v) is 2.99. The molecule has 1 aliphatic rings. The Morgan fingerprint density at radius 2 is 2.03 bits per heavy atom. The van der Waals surface area contributed by atoms with Gasteiger partial charge in [-0.1, -0.05) is 6.07 Å². The maximum Gasteiger partial charge on any atom is 0.321 e. The number of likely N-dealkylation sites (tertiary alicyclic amines) is 1. The van der Waals surface area contributed by atoms with Gasteiger partial charge in [-0.25, -0.2) is 4.79 Å². The Morgan fingerprint density at radius 1 is 1.24 bits per heavy atom. The molecule has 0 saturated carbocycles. The Labute approximate surface area is 167 Å². The molecule has 1 atom stereocenters. The third kappa shape index (κ3) is 4.81. The van der Waals surface area contributed by atoms with Gasteiger partial charge in [0.25, 0.3) is 5.91 Å². The monoisotopic (exact) mass is 398 g/mol. The Morgan fingerprint density at radius 3 is 2.72 bits per heavy atom. The van der Waals surface area contributed by atoms with Gasteiger partial charge in [-0.05, 0) is 31.0 Å². The SMILES string of the molecule is CNC(=O)c1cc(Oc2cc(NC(=O)N3CCC(C(=O)O)C3)ccc2C)ccn1. The van der Waals surface area contributed by atoms with Crippen LogP contribution in [0.25, 0.3) is 0 Å². The Hall–Kier alpha value is -3.62. The number of nitrogens with zero attached hydrogens (tertiary/aromatic N) is 2. The minimum Gasteiger partial charge on any atom is -0.481 e. The second-order valence-electron chi connectivity index (χ2n) is 6.74. The molecule has 0 aliphatic carbocycles. The Balaban J connectivity index is 1.71. The van der Waals surface area contributed by atoms with Crippen LogP contribution in [0.15, 0.2) is 36.5 Å². The van der Waals surface area contributed by atoms with E-state index >= 15 is 0 Å². The molecule has 3 N–H and O–H groups in total. The summed E-state index contributed by atoms with van der Waals surface area (Å²) in [7, 11) is 1.52. The zero-order valence-corrected chi connectivity index (χ0v) is 16.1. The van der Waals surface area contributed by atoms with E-state index in [1.54, 1.807) is 24.3 Å². The number of rotatable bonds is 5. The van der Waals surface area contributed by atoms with E-state index in [0.717, 1.165) is 5.56 Å². The summed E-state index contributed by atoms with van der Waals surface area (Å²) in [5, 5.41) is 14.4. The zero-order valence-electron chi connectivity index (χ0n) is 16.1. The summed E-state index contributed by atoms with van der Waals surface area (Å²) in [5.74, 6) is -0.784. The number of aliphatic carboxylic acids is 1. The van der Waals surface area contributed by atoms with Crippen molar-refractivity contribution in [2.45, 2.75) is 13.3 Å². The summed E-state index contributed by atoms with van der Waals surface area (Å²) in [6.07, 6.45) is 1.92. The van der Waals surface area contributed by atoms with Crippen LogP contribution >= 0.6 is 0 Å². The number of amides is 3. The maximum absolute atomic E-state index is 12.4. The van der Waals surface area contributed by atoms with Crippen molar-refractivity contribution in [3.63, 3.8) is 0 Å². The molecule has 1 saturated heterocycles. The van der Waals surface area contributed by atoms with E-state index < -0.39 is 11.9 Å². The van der Waals surface area contributed by atoms with Gasteiger partial charge in [0.05, 0.1) is 5.92 Å². The second-order valence-corrected chi connectivity index (χ2v) is 6.74. The van der Waals surface area contributed by atoms with Crippen molar-refractivity contribution in [3.8, 4) is 11.5 Å². The lowest BCUT2D eigenvalue weighted by atomic mass is 10.1. The number of hydrogen-bond acceptors (Lipinski definition) is 5. The average molecular weight is 398 g/mol. The molecule has 2 aromatic rings. The van der Waals surface area contributed by atoms with Crippen LogP contribution in [-0.2, 0) is 4.79 Å². The van der Waals surface area contributed by atoms with Gasteiger partial charge in [-0.3, -0.25) is 14.6 Å². The highest BCUT2D eigenvalue weighted by Gasteiger charge is 2.30. The van der Waals surface area contributed by atoms with Gasteiger partial charge in [0.1, 0.15) is 17.2 Å². The highest BCUT2D eigenvalue weighted by atomic mass is 16.5. The molecule has 9 nitrogen and oxygen atoms in total. The largest absolute Gasteiger partial charge is 0.481 e. The number of carboxylic acid groups (broad SMARTS) is 1. The zero-order chi connectivity index (χ0) is 21.0. The number of urea groups is 1. The normalized spacial score (nSPS) is 15.7. The molecule has 0 bridgehead atoms. The lowest BCUT2D eigenvalue weighted by Crippen LogP contribution is -2.33. The number of hydrogen-bond donors (Lipinski definition) is 3. The highest BCUT2D eigenvalue weighted by molar-refractivity contribution is 5.92. The molecule has 1 fully saturated rings. The fraction of sp³-hybridized carbons (Fsp3) is 0.300. The van der Waals surface area contributed by atoms with Crippen LogP contribution < -0.4 is 15.4 Å². The molecular formula is C20H22N4O5. The van der Waals surface area contributed by atoms with Gasteiger partial charge in [-0.15, -0.1) is 0 Å². The first kappa shape index (κ1) is 20.1. The second kappa shape index (κ2) is 8.59. The molecule has 0 spiro atoms. The van der Waals surface area contributed by atoms with Crippen molar-refractivity contribution in [2.24, 2.45) is 5.92 Å². The predicted molar refractivity (Wildman–Crippen MR) is 105 cm³/mol. The summed E-state index contributed by atoms with van der Waals surface area (Å²) in [4.78, 5) is 40.7. The van der Waals surface area contributed by atoms with Crippen LogP contribution in [0.3, 0.4) is 0 Å². The molecule has 1 aromatic carbocycles. The van der Waals surface area contributed by atoms with Gasteiger partial charge < -0.3 is 25.4 Å². The van der Waals surface area contributed by atoms with Crippen molar-refractivity contribution < 1.29 is 24.2 Å². The van der Waals surface area contributed by atoms with Crippen LogP contribution in [0, 0.1) is 12.8 Å². The van der Waals surface area contributed by atoms with Crippen LogP contribution in [-0.4, -0.2) is 53.0 Å². The molecule has 152 valence electrons. The minimum atomic E-state index is -0.889. The Bertz CT molecular complexity index is 946. The number of carboxylic acids is 1. The van der Waals surface area contributed by atoms with E-state index in [-0.39, 0.29) is 24.2 Å². The van der Waals surface area contributed by atoms with Gasteiger partial charge in [0.2, 0.25) is 0 Å². The highest BCUT2D eigenvalue weighted by Crippen LogP contribution is 2.28. The first-order valence-electron chi connectivity index (χ1n) is 9.12. The molecule has 29 heavy (non-hydrogen) atoms. The number of aryl methyl sites for hydroxylation is 1. The number of ether oxygens (including phenoxy) is 1. The van der Waals surface area contributed by atoms with Gasteiger partial charge >= 0.3 is 12.0 Å². The first-order valence-corrected chi connectivity index (χ1v) is 9.12. The molecule has 3 amide bonds. The standard InChI is InChI=1S/C20H22N4O5/c1-12-3-4-14(23-20(28)24-8-6-13(11-24)19(26)27)9-17(12)29-15-5-7-22-16(10-15)18(25)21-2/h3-5,7,9-10,13H,6,8,11H2,1-2H3,(H,21,25)(H,23,28)(H,26,27). The Kier molecular flexibility index (Phi) is 5.96. The summed E-state index contributed by atoms with van der Waals surface area (Å²) < 4.78 is 5.88. The first-order chi connectivity index (χ1) is 13.9. The average Bonchev–Trinajstić information content (AvgIpc) is 3.21. The summed E-state index contributed by atoms with van der Waals surface area (Å²) in [6.45, 7) is 2.45. The summed E-state index contributed by atoms with van der Waals surface area (Å²) in [5.41, 5.74) is 1.59. The van der Waals surface area contributed by atoms with E-state index in [9.17, 15) is 14.4 Å². The van der Waals surface area contributed by atoms with Crippen LogP contribution in [0.2, 0.25) is 0 Å². The third-order valence-corrected chi connectivity index (χ3v) is 4.68. The van der Waals surface area contributed by atoms with Crippen molar-refractivity contribution in [1.82, 2.24) is 15.2 Å². The molecule has 3 rings (SSSR count). The third-order valence-electron chi connectivity index (χ3n) is 4.68. The molecule has 1 aromatic heterocycles. The summed E-state index contributed by atoms with van der Waals surface area (Å²) in [6, 6.07) is 8.03. The van der Waals surface area contributed by atoms with Gasteiger partial charge in [0, 0.05) is 44.2 Å². The number of benzene rings is 1. The number of carbonyl (C=O) groups excluding carboxylic acids is 2. The fourth-order valence-electron chi connectivity index (χ4n) is 2.99. The van der Waals surface area contributed by atoms with Crippen molar-refractivity contribution in [2.75, 3.05) is 25.5 Å².